The minimum absolute atomic E-state index is 0.0559. The van der Waals surface area contributed by atoms with Crippen LogP contribution in [0.15, 0.2) is 73.2 Å². The van der Waals surface area contributed by atoms with Crippen molar-refractivity contribution in [2.24, 2.45) is 0 Å². The number of hydrogen-bond donors (Lipinski definition) is 0. The number of aromatic nitrogens is 4. The monoisotopic (exact) mass is 458 g/mol. The van der Waals surface area contributed by atoms with Gasteiger partial charge < -0.3 is 14.5 Å². The molecule has 34 heavy (non-hydrogen) atoms. The Balaban J connectivity index is 1.23. The lowest BCUT2D eigenvalue weighted by Crippen LogP contribution is -2.49. The highest BCUT2D eigenvalue weighted by Gasteiger charge is 2.23. The highest BCUT2D eigenvalue weighted by Crippen LogP contribution is 2.24. The van der Waals surface area contributed by atoms with Crippen LogP contribution in [0.2, 0.25) is 0 Å². The molecule has 1 fully saturated rings. The van der Waals surface area contributed by atoms with Crippen LogP contribution in [0.5, 0.6) is 11.5 Å². The fourth-order valence-electron chi connectivity index (χ4n) is 3.83. The van der Waals surface area contributed by atoms with Crippen molar-refractivity contribution in [2.75, 3.05) is 31.1 Å². The number of halogens is 1. The molecule has 0 atom stereocenters. The van der Waals surface area contributed by atoms with E-state index < -0.39 is 0 Å². The number of ether oxygens (including phenoxy) is 1. The van der Waals surface area contributed by atoms with Crippen molar-refractivity contribution in [3.05, 3.63) is 90.3 Å². The fourth-order valence-corrected chi connectivity index (χ4v) is 3.83. The molecule has 1 saturated heterocycles. The lowest BCUT2D eigenvalue weighted by molar-refractivity contribution is 0.0746. The number of piperazine rings is 1. The predicted molar refractivity (Wildman–Crippen MR) is 125 cm³/mol. The molecule has 9 heteroatoms. The van der Waals surface area contributed by atoms with Crippen LogP contribution in [0.4, 0.5) is 10.2 Å². The van der Waals surface area contributed by atoms with E-state index in [1.54, 1.807) is 41.1 Å². The van der Waals surface area contributed by atoms with Crippen LogP contribution in [-0.2, 0) is 0 Å². The number of anilines is 1. The summed E-state index contributed by atoms with van der Waals surface area (Å²) < 4.78 is 20.6. The van der Waals surface area contributed by atoms with Gasteiger partial charge in [-0.05, 0) is 55.5 Å². The zero-order chi connectivity index (χ0) is 23.5. The molecular formula is C25H23FN6O2. The van der Waals surface area contributed by atoms with Crippen molar-refractivity contribution in [2.45, 2.75) is 6.92 Å². The van der Waals surface area contributed by atoms with Crippen molar-refractivity contribution in [3.63, 3.8) is 0 Å². The Morgan fingerprint density at radius 1 is 0.912 bits per heavy atom. The minimum atomic E-state index is -0.329. The lowest BCUT2D eigenvalue weighted by atomic mass is 10.1. The first-order chi connectivity index (χ1) is 16.5. The van der Waals surface area contributed by atoms with E-state index in [2.05, 4.69) is 20.0 Å². The van der Waals surface area contributed by atoms with Crippen molar-refractivity contribution in [1.29, 1.82) is 0 Å². The second-order valence-corrected chi connectivity index (χ2v) is 8.00. The molecule has 2 aromatic carbocycles. The Morgan fingerprint density at radius 2 is 1.68 bits per heavy atom. The summed E-state index contributed by atoms with van der Waals surface area (Å²) in [5, 5.41) is 4.40. The molecule has 0 unspecified atom stereocenters. The van der Waals surface area contributed by atoms with Crippen LogP contribution in [0.3, 0.4) is 0 Å². The molecule has 2 aromatic heterocycles. The number of rotatable bonds is 5. The second kappa shape index (κ2) is 9.30. The minimum Gasteiger partial charge on any atom is -0.457 e. The topological polar surface area (TPSA) is 76.4 Å². The first-order valence-corrected chi connectivity index (χ1v) is 11.0. The molecule has 3 heterocycles. The summed E-state index contributed by atoms with van der Waals surface area (Å²) in [6.45, 7) is 4.39. The Kier molecular flexibility index (Phi) is 5.90. The van der Waals surface area contributed by atoms with Gasteiger partial charge in [0.25, 0.3) is 5.91 Å². The van der Waals surface area contributed by atoms with E-state index in [1.807, 2.05) is 30.2 Å². The molecule has 1 aliphatic rings. The first kappa shape index (κ1) is 21.6. The molecule has 0 aliphatic carbocycles. The normalized spacial score (nSPS) is 13.7. The van der Waals surface area contributed by atoms with Crippen LogP contribution < -0.4 is 9.64 Å². The number of nitrogens with zero attached hydrogens (tertiary/aromatic N) is 6. The average Bonchev–Trinajstić information content (AvgIpc) is 3.32. The van der Waals surface area contributed by atoms with E-state index in [-0.39, 0.29) is 11.7 Å². The van der Waals surface area contributed by atoms with Gasteiger partial charge in [0.15, 0.2) is 5.82 Å². The van der Waals surface area contributed by atoms with Gasteiger partial charge in [-0.15, -0.1) is 0 Å². The Morgan fingerprint density at radius 3 is 2.41 bits per heavy atom. The quantitative estimate of drug-likeness (QED) is 0.452. The smallest absolute Gasteiger partial charge is 0.254 e. The third-order valence-corrected chi connectivity index (χ3v) is 5.62. The summed E-state index contributed by atoms with van der Waals surface area (Å²) in [5.74, 6) is 2.16. The third-order valence-electron chi connectivity index (χ3n) is 5.62. The number of aryl methyl sites for hydroxylation is 1. The molecule has 1 amide bonds. The van der Waals surface area contributed by atoms with Crippen LogP contribution in [-0.4, -0.2) is 56.7 Å². The molecule has 0 spiro atoms. The SMILES string of the molecule is Cc1ccn(-c2cc(N3CCN(C(=O)c4cccc(Oc5ccc(F)cc5)c4)CC3)ncn2)n1. The van der Waals surface area contributed by atoms with Crippen LogP contribution in [0, 0.1) is 12.7 Å². The molecule has 0 N–H and O–H groups in total. The van der Waals surface area contributed by atoms with E-state index in [4.69, 9.17) is 4.74 Å². The van der Waals surface area contributed by atoms with Crippen LogP contribution in [0.25, 0.3) is 5.82 Å². The Labute approximate surface area is 196 Å². The van der Waals surface area contributed by atoms with Gasteiger partial charge in [0.2, 0.25) is 0 Å². The predicted octanol–water partition coefficient (Wildman–Crippen LogP) is 3.86. The van der Waals surface area contributed by atoms with Crippen molar-refractivity contribution < 1.29 is 13.9 Å². The van der Waals surface area contributed by atoms with Gasteiger partial charge in [-0.25, -0.2) is 19.0 Å². The summed E-state index contributed by atoms with van der Waals surface area (Å²) in [4.78, 5) is 25.8. The highest BCUT2D eigenvalue weighted by molar-refractivity contribution is 5.94. The number of amides is 1. The number of hydrogen-bond acceptors (Lipinski definition) is 6. The average molecular weight is 458 g/mol. The summed E-state index contributed by atoms with van der Waals surface area (Å²) >= 11 is 0. The van der Waals surface area contributed by atoms with Crippen molar-refractivity contribution in [3.8, 4) is 17.3 Å². The van der Waals surface area contributed by atoms with Gasteiger partial charge in [0.05, 0.1) is 5.69 Å². The molecular weight excluding hydrogens is 435 g/mol. The number of benzene rings is 2. The lowest BCUT2D eigenvalue weighted by Gasteiger charge is -2.35. The zero-order valence-corrected chi connectivity index (χ0v) is 18.6. The van der Waals surface area contributed by atoms with E-state index in [0.29, 0.717) is 49.1 Å². The highest BCUT2D eigenvalue weighted by atomic mass is 19.1. The maximum absolute atomic E-state index is 13.1. The van der Waals surface area contributed by atoms with Gasteiger partial charge in [-0.1, -0.05) is 6.07 Å². The molecule has 1 aliphatic heterocycles. The van der Waals surface area contributed by atoms with E-state index >= 15 is 0 Å². The maximum Gasteiger partial charge on any atom is 0.254 e. The second-order valence-electron chi connectivity index (χ2n) is 8.00. The number of carbonyl (C=O) groups is 1. The Bertz CT molecular complexity index is 1300. The standard InChI is InChI=1S/C25H23FN6O2/c1-18-9-10-32(29-18)24-16-23(27-17-28-24)30-11-13-31(14-12-30)25(33)19-3-2-4-22(15-19)34-21-7-5-20(26)6-8-21/h2-10,15-17H,11-14H2,1H3. The summed E-state index contributed by atoms with van der Waals surface area (Å²) in [6.07, 6.45) is 3.40. The zero-order valence-electron chi connectivity index (χ0n) is 18.6. The molecule has 172 valence electrons. The summed E-state index contributed by atoms with van der Waals surface area (Å²) in [6, 6.07) is 16.6. The molecule has 4 aromatic rings. The van der Waals surface area contributed by atoms with Crippen molar-refractivity contribution in [1.82, 2.24) is 24.6 Å². The van der Waals surface area contributed by atoms with Crippen molar-refractivity contribution >= 4 is 11.7 Å². The summed E-state index contributed by atoms with van der Waals surface area (Å²) in [7, 11) is 0. The Hall–Kier alpha value is -4.27. The van der Waals surface area contributed by atoms with Gasteiger partial charge in [-0.3, -0.25) is 4.79 Å². The number of carbonyl (C=O) groups excluding carboxylic acids is 1. The molecule has 0 saturated carbocycles. The van der Waals surface area contributed by atoms with E-state index in [9.17, 15) is 9.18 Å². The largest absolute Gasteiger partial charge is 0.457 e. The maximum atomic E-state index is 13.1. The molecule has 0 bridgehead atoms. The van der Waals surface area contributed by atoms with Crippen LogP contribution >= 0.6 is 0 Å². The molecule has 8 nitrogen and oxygen atoms in total. The fraction of sp³-hybridized carbons (Fsp3) is 0.200. The first-order valence-electron chi connectivity index (χ1n) is 11.0. The van der Waals surface area contributed by atoms with Gasteiger partial charge in [0.1, 0.15) is 29.5 Å². The molecule has 5 rings (SSSR count). The van der Waals surface area contributed by atoms with Crippen LogP contribution in [0.1, 0.15) is 16.1 Å². The van der Waals surface area contributed by atoms with E-state index in [0.717, 1.165) is 11.5 Å². The van der Waals surface area contributed by atoms with Gasteiger partial charge in [-0.2, -0.15) is 5.10 Å². The van der Waals surface area contributed by atoms with Gasteiger partial charge >= 0.3 is 0 Å². The van der Waals surface area contributed by atoms with Gasteiger partial charge in [0, 0.05) is 44.0 Å². The molecule has 0 radical (unpaired) electrons. The van der Waals surface area contributed by atoms with E-state index in [1.165, 1.54) is 18.5 Å². The summed E-state index contributed by atoms with van der Waals surface area (Å²) in [5.41, 5.74) is 1.46. The third kappa shape index (κ3) is 4.73.